The Bertz CT molecular complexity index is 581. The van der Waals surface area contributed by atoms with E-state index in [-0.39, 0.29) is 18.6 Å². The predicted molar refractivity (Wildman–Crippen MR) is 116 cm³/mol. The minimum Gasteiger partial charge on any atom is -0.396 e. The Kier molecular flexibility index (Phi) is 5.34. The molecule has 5 fully saturated rings. The third kappa shape index (κ3) is 3.03. The molecule has 28 heavy (non-hydrogen) atoms. The van der Waals surface area contributed by atoms with Crippen molar-refractivity contribution in [1.82, 2.24) is 5.32 Å². The van der Waals surface area contributed by atoms with E-state index < -0.39 is 0 Å². The fourth-order valence-electron chi connectivity index (χ4n) is 8.78. The Morgan fingerprint density at radius 3 is 2.57 bits per heavy atom. The fraction of sp³-hybridized carbons (Fsp3) is 1.00. The van der Waals surface area contributed by atoms with Crippen LogP contribution in [0.3, 0.4) is 0 Å². The molecular weight excluding hydrogens is 366 g/mol. The summed E-state index contributed by atoms with van der Waals surface area (Å²) >= 11 is 2.21. The summed E-state index contributed by atoms with van der Waals surface area (Å²) in [4.78, 5) is 0. The van der Waals surface area contributed by atoms with Gasteiger partial charge in [0.15, 0.2) is 0 Å². The van der Waals surface area contributed by atoms with Gasteiger partial charge in [-0.2, -0.15) is 11.8 Å². The van der Waals surface area contributed by atoms with Crippen LogP contribution in [0.5, 0.6) is 0 Å². The average Bonchev–Trinajstić information content (AvgIpc) is 3.32. The molecule has 1 aliphatic heterocycles. The standard InChI is InChI=1S/C24H41NO2S/c1-23-8-3-4-18(23)21-19(6-9-23)24(2)10-5-15(28-16-7-11-25-13-16)12-20(24)17(14-26)22(21)27/h15-22,25-27H,3-14H2,1-2H3/t15-,16?,17-,18+,19+,20?,21+,22-,23+,24-/m1/s1. The van der Waals surface area contributed by atoms with Gasteiger partial charge < -0.3 is 15.5 Å². The molecule has 5 aliphatic rings. The summed E-state index contributed by atoms with van der Waals surface area (Å²) in [5.41, 5.74) is 0.778. The quantitative estimate of drug-likeness (QED) is 0.660. The molecule has 160 valence electrons. The molecule has 0 aromatic heterocycles. The van der Waals surface area contributed by atoms with Crippen molar-refractivity contribution in [3.63, 3.8) is 0 Å². The number of hydrogen-bond acceptors (Lipinski definition) is 4. The van der Waals surface area contributed by atoms with Crippen molar-refractivity contribution in [2.75, 3.05) is 19.7 Å². The maximum atomic E-state index is 11.6. The van der Waals surface area contributed by atoms with Gasteiger partial charge in [0, 0.05) is 29.6 Å². The third-order valence-electron chi connectivity index (χ3n) is 10.3. The Labute approximate surface area is 175 Å². The zero-order chi connectivity index (χ0) is 19.5. The maximum absolute atomic E-state index is 11.6. The van der Waals surface area contributed by atoms with Crippen LogP contribution >= 0.6 is 11.8 Å². The van der Waals surface area contributed by atoms with E-state index in [2.05, 4.69) is 30.9 Å². The summed E-state index contributed by atoms with van der Waals surface area (Å²) < 4.78 is 0. The molecule has 0 radical (unpaired) electrons. The van der Waals surface area contributed by atoms with E-state index in [0.717, 1.165) is 10.5 Å². The molecular formula is C24H41NO2S. The largest absolute Gasteiger partial charge is 0.396 e. The lowest BCUT2D eigenvalue weighted by Crippen LogP contribution is -2.62. The van der Waals surface area contributed by atoms with Gasteiger partial charge >= 0.3 is 0 Å². The fourth-order valence-corrected chi connectivity index (χ4v) is 10.4. The van der Waals surface area contributed by atoms with E-state index in [1.54, 1.807) is 0 Å². The zero-order valence-corrected chi connectivity index (χ0v) is 18.7. The van der Waals surface area contributed by atoms with Gasteiger partial charge in [-0.15, -0.1) is 0 Å². The van der Waals surface area contributed by atoms with Crippen LogP contribution in [-0.4, -0.2) is 46.5 Å². The predicted octanol–water partition coefficient (Wildman–Crippen LogP) is 4.07. The lowest BCUT2D eigenvalue weighted by Gasteiger charge is -2.64. The van der Waals surface area contributed by atoms with Crippen LogP contribution in [0.15, 0.2) is 0 Å². The van der Waals surface area contributed by atoms with Crippen molar-refractivity contribution in [1.29, 1.82) is 0 Å². The molecule has 1 heterocycles. The van der Waals surface area contributed by atoms with Gasteiger partial charge in [0.05, 0.1) is 6.10 Å². The van der Waals surface area contributed by atoms with Crippen molar-refractivity contribution in [3.05, 3.63) is 0 Å². The summed E-state index contributed by atoms with van der Waals surface area (Å²) in [6, 6.07) is 0. The first-order valence-corrected chi connectivity index (χ1v) is 13.1. The smallest absolute Gasteiger partial charge is 0.0627 e. The maximum Gasteiger partial charge on any atom is 0.0627 e. The van der Waals surface area contributed by atoms with E-state index in [1.165, 1.54) is 70.9 Å². The summed E-state index contributed by atoms with van der Waals surface area (Å²) in [5.74, 6) is 2.39. The third-order valence-corrected chi connectivity index (χ3v) is 11.9. The SMILES string of the molecule is C[C@@]12CCC[C@H]1[C@@H]1[C@H](O)[C@H](CO)C3C[C@H](SC4CCNC4)CC[C@]3(C)[C@H]1CC2. The van der Waals surface area contributed by atoms with Crippen LogP contribution in [0.2, 0.25) is 0 Å². The lowest BCUT2D eigenvalue weighted by atomic mass is 9.42. The van der Waals surface area contributed by atoms with Crippen LogP contribution in [0.4, 0.5) is 0 Å². The van der Waals surface area contributed by atoms with Crippen LogP contribution in [0.25, 0.3) is 0 Å². The minimum atomic E-state index is -0.285. The normalized spacial score (nSPS) is 56.1. The molecule has 0 aromatic carbocycles. The van der Waals surface area contributed by atoms with Crippen molar-refractivity contribution in [2.45, 2.75) is 88.2 Å². The van der Waals surface area contributed by atoms with Crippen molar-refractivity contribution in [3.8, 4) is 0 Å². The van der Waals surface area contributed by atoms with E-state index in [0.29, 0.717) is 34.5 Å². The van der Waals surface area contributed by atoms with Gasteiger partial charge in [-0.25, -0.2) is 0 Å². The first-order chi connectivity index (χ1) is 13.5. The Hall–Kier alpha value is 0.230. The van der Waals surface area contributed by atoms with Gasteiger partial charge in [-0.3, -0.25) is 0 Å². The molecule has 4 saturated carbocycles. The van der Waals surface area contributed by atoms with Crippen LogP contribution in [0, 0.1) is 40.4 Å². The molecule has 4 heteroatoms. The summed E-state index contributed by atoms with van der Waals surface area (Å²) in [6.07, 6.45) is 11.6. The summed E-state index contributed by atoms with van der Waals surface area (Å²) in [6.45, 7) is 7.57. The number of aliphatic hydroxyl groups excluding tert-OH is 2. The second kappa shape index (κ2) is 7.43. The number of aliphatic hydroxyl groups is 2. The molecule has 0 aromatic rings. The molecule has 4 aliphatic carbocycles. The zero-order valence-electron chi connectivity index (χ0n) is 17.9. The molecule has 0 amide bonds. The molecule has 1 saturated heterocycles. The molecule has 10 atom stereocenters. The molecule has 5 rings (SSSR count). The number of thioether (sulfide) groups is 1. The molecule has 2 unspecified atom stereocenters. The Morgan fingerprint density at radius 2 is 1.82 bits per heavy atom. The van der Waals surface area contributed by atoms with Gasteiger partial charge in [0.1, 0.15) is 0 Å². The van der Waals surface area contributed by atoms with Crippen molar-refractivity contribution >= 4 is 11.8 Å². The lowest BCUT2D eigenvalue weighted by molar-refractivity contribution is -0.195. The van der Waals surface area contributed by atoms with Crippen molar-refractivity contribution < 1.29 is 10.2 Å². The topological polar surface area (TPSA) is 52.5 Å². The van der Waals surface area contributed by atoms with E-state index in [9.17, 15) is 10.2 Å². The van der Waals surface area contributed by atoms with Gasteiger partial charge in [-0.1, -0.05) is 20.3 Å². The first-order valence-electron chi connectivity index (χ1n) is 12.1. The van der Waals surface area contributed by atoms with E-state index in [1.807, 2.05) is 0 Å². The van der Waals surface area contributed by atoms with Gasteiger partial charge in [0.25, 0.3) is 0 Å². The number of nitrogens with one attached hydrogen (secondary N) is 1. The molecule has 0 bridgehead atoms. The first kappa shape index (κ1) is 20.2. The minimum absolute atomic E-state index is 0.0966. The number of rotatable bonds is 3. The van der Waals surface area contributed by atoms with E-state index in [4.69, 9.17) is 0 Å². The van der Waals surface area contributed by atoms with Gasteiger partial charge in [0.2, 0.25) is 0 Å². The Balaban J connectivity index is 1.40. The Morgan fingerprint density at radius 1 is 0.964 bits per heavy atom. The van der Waals surface area contributed by atoms with E-state index >= 15 is 0 Å². The average molecular weight is 408 g/mol. The number of hydrogen-bond donors (Lipinski definition) is 3. The van der Waals surface area contributed by atoms with Gasteiger partial charge in [-0.05, 0) is 92.4 Å². The second-order valence-corrected chi connectivity index (χ2v) is 13.1. The summed E-state index contributed by atoms with van der Waals surface area (Å²) in [7, 11) is 0. The molecule has 3 N–H and O–H groups in total. The van der Waals surface area contributed by atoms with Crippen molar-refractivity contribution in [2.24, 2.45) is 40.4 Å². The highest BCUT2D eigenvalue weighted by atomic mass is 32.2. The highest BCUT2D eigenvalue weighted by Gasteiger charge is 2.63. The molecule has 3 nitrogen and oxygen atoms in total. The second-order valence-electron chi connectivity index (χ2n) is 11.5. The van der Waals surface area contributed by atoms with Crippen LogP contribution < -0.4 is 5.32 Å². The van der Waals surface area contributed by atoms with Crippen LogP contribution in [-0.2, 0) is 0 Å². The monoisotopic (exact) mass is 407 g/mol. The highest BCUT2D eigenvalue weighted by molar-refractivity contribution is 8.00. The number of fused-ring (bicyclic) bond motifs is 5. The van der Waals surface area contributed by atoms with Crippen LogP contribution in [0.1, 0.15) is 71.6 Å². The molecule has 0 spiro atoms. The summed E-state index contributed by atoms with van der Waals surface area (Å²) in [5, 5.41) is 27.0. The highest BCUT2D eigenvalue weighted by Crippen LogP contribution is 2.67.